The highest BCUT2D eigenvalue weighted by atomic mass is 32.2. The van der Waals surface area contributed by atoms with Gasteiger partial charge in [0.05, 0.1) is 11.4 Å². The second-order valence-corrected chi connectivity index (χ2v) is 13.5. The molecular formula is C12H29NO2S2Si. The van der Waals surface area contributed by atoms with Crippen LogP contribution >= 0.6 is 13.5 Å². The smallest absolute Gasteiger partial charge is 0.192 e. The van der Waals surface area contributed by atoms with Gasteiger partial charge in [0.25, 0.3) is 0 Å². The Morgan fingerprint density at radius 3 is 1.94 bits per heavy atom. The molecule has 0 aliphatic heterocycles. The average Bonchev–Trinajstić information content (AvgIpc) is 2.08. The summed E-state index contributed by atoms with van der Waals surface area (Å²) < 4.78 is 21.3. The SMILES string of the molecule is CC(C)(C)[S@@](=O)N=CCO[Si](C)(C)C(C)(C)C.S. The van der Waals surface area contributed by atoms with E-state index in [4.69, 9.17) is 4.43 Å². The van der Waals surface area contributed by atoms with Gasteiger partial charge in [-0.25, -0.2) is 4.21 Å². The molecule has 1 atom stereocenters. The molecule has 0 bridgehead atoms. The van der Waals surface area contributed by atoms with Gasteiger partial charge in [0, 0.05) is 6.21 Å². The third kappa shape index (κ3) is 7.06. The van der Waals surface area contributed by atoms with Gasteiger partial charge in [-0.15, -0.1) is 0 Å². The van der Waals surface area contributed by atoms with Crippen molar-refractivity contribution in [3.05, 3.63) is 0 Å². The summed E-state index contributed by atoms with van der Waals surface area (Å²) in [4.78, 5) is 0. The zero-order valence-corrected chi connectivity index (χ0v) is 15.8. The molecule has 18 heavy (non-hydrogen) atoms. The molecule has 110 valence electrons. The second-order valence-electron chi connectivity index (χ2n) is 6.72. The molecule has 0 saturated carbocycles. The van der Waals surface area contributed by atoms with Crippen molar-refractivity contribution >= 4 is 39.0 Å². The van der Waals surface area contributed by atoms with Crippen molar-refractivity contribution < 1.29 is 8.63 Å². The van der Waals surface area contributed by atoms with Crippen molar-refractivity contribution in [1.82, 2.24) is 0 Å². The first-order valence-electron chi connectivity index (χ1n) is 5.96. The van der Waals surface area contributed by atoms with Gasteiger partial charge in [-0.1, -0.05) is 20.8 Å². The number of hydrogen-bond acceptors (Lipinski definition) is 2. The van der Waals surface area contributed by atoms with E-state index in [1.165, 1.54) is 0 Å². The molecule has 6 heteroatoms. The van der Waals surface area contributed by atoms with Gasteiger partial charge in [-0.05, 0) is 38.9 Å². The van der Waals surface area contributed by atoms with E-state index in [-0.39, 0.29) is 23.3 Å². The molecule has 0 aromatic heterocycles. The van der Waals surface area contributed by atoms with Gasteiger partial charge in [-0.2, -0.15) is 17.9 Å². The normalized spacial score (nSPS) is 15.6. The summed E-state index contributed by atoms with van der Waals surface area (Å²) in [6.45, 7) is 17.2. The maximum Gasteiger partial charge on any atom is 0.192 e. The fourth-order valence-corrected chi connectivity index (χ4v) is 2.16. The van der Waals surface area contributed by atoms with E-state index in [0.29, 0.717) is 6.61 Å². The van der Waals surface area contributed by atoms with Gasteiger partial charge < -0.3 is 4.43 Å². The molecular weight excluding hydrogens is 282 g/mol. The van der Waals surface area contributed by atoms with Crippen LogP contribution in [0.3, 0.4) is 0 Å². The first kappa shape index (κ1) is 20.7. The first-order chi connectivity index (χ1) is 7.38. The van der Waals surface area contributed by atoms with Crippen molar-refractivity contribution in [1.29, 1.82) is 0 Å². The first-order valence-corrected chi connectivity index (χ1v) is 9.98. The highest BCUT2D eigenvalue weighted by molar-refractivity contribution is 7.85. The summed E-state index contributed by atoms with van der Waals surface area (Å²) in [6, 6.07) is 0. The molecule has 0 unspecified atom stereocenters. The van der Waals surface area contributed by atoms with E-state index in [1.807, 2.05) is 20.8 Å². The second kappa shape index (κ2) is 7.22. The molecule has 0 N–H and O–H groups in total. The average molecular weight is 312 g/mol. The predicted octanol–water partition coefficient (Wildman–Crippen LogP) is 3.65. The summed E-state index contributed by atoms with van der Waals surface area (Å²) in [5.74, 6) is 0. The third-order valence-corrected chi connectivity index (χ3v) is 8.91. The molecule has 0 fully saturated rings. The Labute approximate surface area is 123 Å². The van der Waals surface area contributed by atoms with E-state index in [9.17, 15) is 4.21 Å². The standard InChI is InChI=1S/C12H27NO2SSi.H2S/c1-11(2,3)16(14)13-9-10-15-17(7,8)12(4,5)6;/h9H,10H2,1-8H3;1H2/t16-;/m1./s1. The van der Waals surface area contributed by atoms with Gasteiger partial charge in [0.1, 0.15) is 11.0 Å². The van der Waals surface area contributed by atoms with Gasteiger partial charge in [0.15, 0.2) is 8.32 Å². The molecule has 0 aromatic carbocycles. The molecule has 0 aliphatic rings. The molecule has 0 radical (unpaired) electrons. The Morgan fingerprint density at radius 2 is 1.61 bits per heavy atom. The fourth-order valence-electron chi connectivity index (χ4n) is 0.718. The van der Waals surface area contributed by atoms with Crippen molar-refractivity contribution in [3.63, 3.8) is 0 Å². The Bertz CT molecular complexity index is 304. The summed E-state index contributed by atoms with van der Waals surface area (Å²) >= 11 is 0. The molecule has 0 saturated heterocycles. The monoisotopic (exact) mass is 311 g/mol. The van der Waals surface area contributed by atoms with Crippen molar-refractivity contribution in [3.8, 4) is 0 Å². The zero-order valence-electron chi connectivity index (χ0n) is 13.0. The lowest BCUT2D eigenvalue weighted by molar-refractivity contribution is 0.343. The van der Waals surface area contributed by atoms with Crippen LogP contribution in [0.4, 0.5) is 0 Å². The summed E-state index contributed by atoms with van der Waals surface area (Å²) in [6.07, 6.45) is 1.64. The molecule has 0 heterocycles. The topological polar surface area (TPSA) is 38.7 Å². The lowest BCUT2D eigenvalue weighted by Crippen LogP contribution is -2.41. The molecule has 0 aliphatic carbocycles. The Balaban J connectivity index is 0. The van der Waals surface area contributed by atoms with Crippen LogP contribution in [0.5, 0.6) is 0 Å². The van der Waals surface area contributed by atoms with Crippen LogP contribution in [0.2, 0.25) is 18.1 Å². The summed E-state index contributed by atoms with van der Waals surface area (Å²) in [7, 11) is -2.89. The van der Waals surface area contributed by atoms with Crippen LogP contribution < -0.4 is 0 Å². The molecule has 0 amide bonds. The van der Waals surface area contributed by atoms with Gasteiger partial charge in [0.2, 0.25) is 0 Å². The highest BCUT2D eigenvalue weighted by Gasteiger charge is 2.36. The van der Waals surface area contributed by atoms with Gasteiger partial charge >= 0.3 is 0 Å². The number of nitrogens with zero attached hydrogens (tertiary/aromatic N) is 1. The van der Waals surface area contributed by atoms with Crippen LogP contribution in [0.15, 0.2) is 4.40 Å². The Hall–Kier alpha value is 0.347. The third-order valence-electron chi connectivity index (χ3n) is 3.02. The lowest BCUT2D eigenvalue weighted by Gasteiger charge is -2.35. The summed E-state index contributed by atoms with van der Waals surface area (Å²) in [5, 5.41) is 0.198. The Kier molecular flexibility index (Phi) is 8.28. The van der Waals surface area contributed by atoms with Crippen LogP contribution in [0.25, 0.3) is 0 Å². The highest BCUT2D eigenvalue weighted by Crippen LogP contribution is 2.36. The molecule has 0 aromatic rings. The van der Waals surface area contributed by atoms with Crippen LogP contribution in [-0.2, 0) is 15.4 Å². The Morgan fingerprint density at radius 1 is 1.17 bits per heavy atom. The van der Waals surface area contributed by atoms with Crippen molar-refractivity contribution in [2.75, 3.05) is 6.61 Å². The zero-order chi connectivity index (χ0) is 13.9. The van der Waals surface area contributed by atoms with Crippen molar-refractivity contribution in [2.24, 2.45) is 4.40 Å². The van der Waals surface area contributed by atoms with Crippen LogP contribution in [-0.4, -0.2) is 30.1 Å². The number of hydrogen-bond donors (Lipinski definition) is 0. The van der Waals surface area contributed by atoms with Crippen LogP contribution in [0, 0.1) is 0 Å². The minimum atomic E-state index is -1.71. The van der Waals surface area contributed by atoms with Crippen LogP contribution in [0.1, 0.15) is 41.5 Å². The largest absolute Gasteiger partial charge is 0.412 e. The van der Waals surface area contributed by atoms with E-state index < -0.39 is 19.3 Å². The van der Waals surface area contributed by atoms with E-state index in [2.05, 4.69) is 38.3 Å². The number of rotatable bonds is 4. The predicted molar refractivity (Wildman–Crippen MR) is 89.9 cm³/mol. The fraction of sp³-hybridized carbons (Fsp3) is 0.917. The van der Waals surface area contributed by atoms with E-state index in [0.717, 1.165) is 0 Å². The maximum absolute atomic E-state index is 11.7. The maximum atomic E-state index is 11.7. The summed E-state index contributed by atoms with van der Waals surface area (Å²) in [5.41, 5.74) is 0. The minimum Gasteiger partial charge on any atom is -0.412 e. The van der Waals surface area contributed by atoms with E-state index in [1.54, 1.807) is 6.21 Å². The molecule has 3 nitrogen and oxygen atoms in total. The minimum absolute atomic E-state index is 0. The van der Waals surface area contributed by atoms with Crippen molar-refractivity contribution in [2.45, 2.75) is 64.4 Å². The molecule has 0 spiro atoms. The van der Waals surface area contributed by atoms with E-state index >= 15 is 0 Å². The quantitative estimate of drug-likeness (QED) is 0.587. The lowest BCUT2D eigenvalue weighted by atomic mass is 10.2. The molecule has 0 rings (SSSR count). The van der Waals surface area contributed by atoms with Gasteiger partial charge in [-0.3, -0.25) is 0 Å².